The Labute approximate surface area is 124 Å². The van der Waals surface area contributed by atoms with Gasteiger partial charge in [-0.2, -0.15) is 0 Å². The molecule has 0 radical (unpaired) electrons. The minimum atomic E-state index is -0.0145. The van der Waals surface area contributed by atoms with Gasteiger partial charge < -0.3 is 14.6 Å². The molecule has 1 amide bonds. The molecule has 5 heteroatoms. The van der Waals surface area contributed by atoms with Crippen LogP contribution >= 0.6 is 0 Å². The minimum Gasteiger partial charge on any atom is -0.381 e. The summed E-state index contributed by atoms with van der Waals surface area (Å²) in [6.45, 7) is 5.67. The molecule has 0 aromatic carbocycles. The summed E-state index contributed by atoms with van der Waals surface area (Å²) in [6, 6.07) is 2.47. The number of nitrogens with one attached hydrogen (secondary N) is 1. The zero-order chi connectivity index (χ0) is 14.8. The maximum absolute atomic E-state index is 12.6. The van der Waals surface area contributed by atoms with E-state index in [2.05, 4.69) is 28.7 Å². The Kier molecular flexibility index (Phi) is 3.92. The molecular formula is C16H21N3O2. The number of aromatic nitrogens is 2. The van der Waals surface area contributed by atoms with E-state index in [-0.39, 0.29) is 11.9 Å². The van der Waals surface area contributed by atoms with Crippen LogP contribution < -0.4 is 5.32 Å². The first-order valence-electron chi connectivity index (χ1n) is 7.50. The van der Waals surface area contributed by atoms with Crippen LogP contribution in [0.3, 0.4) is 0 Å². The fourth-order valence-corrected chi connectivity index (χ4v) is 2.81. The third kappa shape index (κ3) is 2.78. The van der Waals surface area contributed by atoms with Crippen molar-refractivity contribution in [2.75, 3.05) is 13.2 Å². The molecule has 0 saturated carbocycles. The first-order valence-corrected chi connectivity index (χ1v) is 7.50. The first-order chi connectivity index (χ1) is 10.2. The van der Waals surface area contributed by atoms with E-state index in [1.807, 2.05) is 12.3 Å². The van der Waals surface area contributed by atoms with E-state index in [1.165, 1.54) is 0 Å². The van der Waals surface area contributed by atoms with E-state index in [1.54, 1.807) is 12.4 Å². The van der Waals surface area contributed by atoms with Gasteiger partial charge in [-0.1, -0.05) is 0 Å². The van der Waals surface area contributed by atoms with Gasteiger partial charge in [0.1, 0.15) is 0 Å². The summed E-state index contributed by atoms with van der Waals surface area (Å²) in [4.78, 5) is 16.7. The van der Waals surface area contributed by atoms with E-state index in [0.29, 0.717) is 11.6 Å². The Morgan fingerprint density at radius 1 is 1.43 bits per heavy atom. The molecule has 0 atom stereocenters. The van der Waals surface area contributed by atoms with Crippen molar-refractivity contribution >= 4 is 16.8 Å². The number of ether oxygens (including phenoxy) is 1. The van der Waals surface area contributed by atoms with Crippen molar-refractivity contribution < 1.29 is 9.53 Å². The van der Waals surface area contributed by atoms with Crippen molar-refractivity contribution in [2.24, 2.45) is 0 Å². The molecule has 3 rings (SSSR count). The monoisotopic (exact) mass is 287 g/mol. The van der Waals surface area contributed by atoms with Gasteiger partial charge in [-0.3, -0.25) is 9.78 Å². The Morgan fingerprint density at radius 2 is 2.19 bits per heavy atom. The van der Waals surface area contributed by atoms with Gasteiger partial charge in [0.2, 0.25) is 0 Å². The molecule has 2 aromatic rings. The maximum Gasteiger partial charge on any atom is 0.253 e. The summed E-state index contributed by atoms with van der Waals surface area (Å²) in [6.07, 6.45) is 7.24. The molecule has 0 unspecified atom stereocenters. The lowest BCUT2D eigenvalue weighted by molar-refractivity contribution is 0.0697. The largest absolute Gasteiger partial charge is 0.381 e. The lowest BCUT2D eigenvalue weighted by Crippen LogP contribution is -2.38. The van der Waals surface area contributed by atoms with E-state index in [9.17, 15) is 4.79 Å². The van der Waals surface area contributed by atoms with Gasteiger partial charge in [-0.05, 0) is 32.8 Å². The molecule has 5 nitrogen and oxygen atoms in total. The number of hydrogen-bond acceptors (Lipinski definition) is 3. The molecule has 112 valence electrons. The Balaban J connectivity index is 1.90. The van der Waals surface area contributed by atoms with Crippen molar-refractivity contribution in [2.45, 2.75) is 38.8 Å². The topological polar surface area (TPSA) is 56.2 Å². The average molecular weight is 287 g/mol. The van der Waals surface area contributed by atoms with Crippen LogP contribution in [0.2, 0.25) is 0 Å². The second-order valence-corrected chi connectivity index (χ2v) is 5.80. The smallest absolute Gasteiger partial charge is 0.253 e. The lowest BCUT2D eigenvalue weighted by atomic mass is 10.1. The lowest BCUT2D eigenvalue weighted by Gasteiger charge is -2.22. The molecule has 2 aromatic heterocycles. The van der Waals surface area contributed by atoms with Gasteiger partial charge in [-0.25, -0.2) is 0 Å². The molecule has 0 aliphatic carbocycles. The standard InChI is InChI=1S/C16H21N3O2/c1-11(2)19-10-14(13-9-17-6-3-15(13)19)16(20)18-12-4-7-21-8-5-12/h3,6,9-12H,4-5,7-8H2,1-2H3,(H,18,20). The normalized spacial score (nSPS) is 16.5. The fraction of sp³-hybridized carbons (Fsp3) is 0.500. The summed E-state index contributed by atoms with van der Waals surface area (Å²) >= 11 is 0. The van der Waals surface area contributed by atoms with Crippen LogP contribution in [-0.2, 0) is 4.74 Å². The van der Waals surface area contributed by atoms with Gasteiger partial charge >= 0.3 is 0 Å². The highest BCUT2D eigenvalue weighted by Gasteiger charge is 2.20. The van der Waals surface area contributed by atoms with E-state index in [0.717, 1.165) is 37.0 Å². The summed E-state index contributed by atoms with van der Waals surface area (Å²) < 4.78 is 7.45. The highest BCUT2D eigenvalue weighted by molar-refractivity contribution is 6.06. The summed E-state index contributed by atoms with van der Waals surface area (Å²) in [5, 5.41) is 4.03. The van der Waals surface area contributed by atoms with E-state index in [4.69, 9.17) is 4.74 Å². The van der Waals surface area contributed by atoms with Crippen molar-refractivity contribution in [3.63, 3.8) is 0 Å². The van der Waals surface area contributed by atoms with Gasteiger partial charge in [0.15, 0.2) is 0 Å². The zero-order valence-electron chi connectivity index (χ0n) is 12.5. The molecule has 1 aliphatic rings. The van der Waals surface area contributed by atoms with Gasteiger partial charge in [0.05, 0.1) is 11.1 Å². The van der Waals surface area contributed by atoms with Crippen LogP contribution in [0.15, 0.2) is 24.7 Å². The number of hydrogen-bond donors (Lipinski definition) is 1. The zero-order valence-corrected chi connectivity index (χ0v) is 12.5. The Hall–Kier alpha value is -1.88. The molecular weight excluding hydrogens is 266 g/mol. The van der Waals surface area contributed by atoms with Crippen LogP contribution in [0.4, 0.5) is 0 Å². The van der Waals surface area contributed by atoms with E-state index < -0.39 is 0 Å². The molecule has 1 N–H and O–H groups in total. The second kappa shape index (κ2) is 5.85. The molecule has 1 saturated heterocycles. The molecule has 1 aliphatic heterocycles. The van der Waals surface area contributed by atoms with E-state index >= 15 is 0 Å². The van der Waals surface area contributed by atoms with Crippen LogP contribution in [0.1, 0.15) is 43.1 Å². The van der Waals surface area contributed by atoms with Gasteiger partial charge in [0, 0.05) is 49.3 Å². The molecule has 21 heavy (non-hydrogen) atoms. The molecule has 1 fully saturated rings. The Morgan fingerprint density at radius 3 is 2.90 bits per heavy atom. The van der Waals surface area contributed by atoms with Crippen LogP contribution in [0.25, 0.3) is 10.9 Å². The average Bonchev–Trinajstić information content (AvgIpc) is 2.88. The molecule has 3 heterocycles. The van der Waals surface area contributed by atoms with Crippen molar-refractivity contribution in [1.29, 1.82) is 0 Å². The highest BCUT2D eigenvalue weighted by Crippen LogP contribution is 2.24. The Bertz CT molecular complexity index is 642. The molecule has 0 bridgehead atoms. The number of fused-ring (bicyclic) bond motifs is 1. The number of nitrogens with zero attached hydrogens (tertiary/aromatic N) is 2. The predicted octanol–water partition coefficient (Wildman–Crippen LogP) is 2.53. The quantitative estimate of drug-likeness (QED) is 0.943. The SMILES string of the molecule is CC(C)n1cc(C(=O)NC2CCOCC2)c2cnccc21. The van der Waals surface area contributed by atoms with Crippen molar-refractivity contribution in [3.8, 4) is 0 Å². The van der Waals surface area contributed by atoms with Crippen molar-refractivity contribution in [1.82, 2.24) is 14.9 Å². The number of carbonyl (C=O) groups is 1. The maximum atomic E-state index is 12.6. The van der Waals surface area contributed by atoms with Crippen molar-refractivity contribution in [3.05, 3.63) is 30.2 Å². The second-order valence-electron chi connectivity index (χ2n) is 5.80. The number of carbonyl (C=O) groups excluding carboxylic acids is 1. The number of amides is 1. The summed E-state index contributed by atoms with van der Waals surface area (Å²) in [5.41, 5.74) is 1.76. The van der Waals surface area contributed by atoms with Crippen LogP contribution in [-0.4, -0.2) is 34.7 Å². The number of pyridine rings is 1. The predicted molar refractivity (Wildman–Crippen MR) is 81.4 cm³/mol. The fourth-order valence-electron chi connectivity index (χ4n) is 2.81. The highest BCUT2D eigenvalue weighted by atomic mass is 16.5. The first kappa shape index (κ1) is 14.1. The summed E-state index contributed by atoms with van der Waals surface area (Å²) in [5.74, 6) is -0.0145. The summed E-state index contributed by atoms with van der Waals surface area (Å²) in [7, 11) is 0. The van der Waals surface area contributed by atoms with Crippen LogP contribution in [0, 0.1) is 0 Å². The number of rotatable bonds is 3. The third-order valence-electron chi connectivity index (χ3n) is 3.99. The van der Waals surface area contributed by atoms with Gasteiger partial charge in [-0.15, -0.1) is 0 Å². The minimum absolute atomic E-state index is 0.0145. The third-order valence-corrected chi connectivity index (χ3v) is 3.99. The molecule has 0 spiro atoms. The van der Waals surface area contributed by atoms with Crippen LogP contribution in [0.5, 0.6) is 0 Å². The van der Waals surface area contributed by atoms with Gasteiger partial charge in [0.25, 0.3) is 5.91 Å².